The number of amides is 1. The number of benzene rings is 2. The van der Waals surface area contributed by atoms with Gasteiger partial charge in [0.2, 0.25) is 5.91 Å². The Hall–Kier alpha value is -2.61. The van der Waals surface area contributed by atoms with Gasteiger partial charge in [-0.3, -0.25) is 4.79 Å². The molecule has 1 aliphatic rings. The molecule has 0 bridgehead atoms. The highest BCUT2D eigenvalue weighted by Gasteiger charge is 2.35. The lowest BCUT2D eigenvalue weighted by Crippen LogP contribution is -2.44. The highest BCUT2D eigenvalue weighted by molar-refractivity contribution is 5.98. The molecule has 1 aliphatic heterocycles. The fourth-order valence-electron chi connectivity index (χ4n) is 3.61. The molecule has 1 amide bonds. The molecular formula is C26H31NO3. The molecule has 158 valence electrons. The van der Waals surface area contributed by atoms with Crippen LogP contribution in [0.4, 0.5) is 5.69 Å². The first-order chi connectivity index (χ1) is 14.2. The molecule has 0 unspecified atom stereocenters. The number of carbonyl (C=O) groups excluding carboxylic acids is 1. The lowest BCUT2D eigenvalue weighted by Gasteiger charge is -2.34. The Morgan fingerprint density at radius 1 is 0.933 bits per heavy atom. The first-order valence-corrected chi connectivity index (χ1v) is 10.3. The smallest absolute Gasteiger partial charge is 0.235 e. The van der Waals surface area contributed by atoms with Crippen LogP contribution in [0.25, 0.3) is 0 Å². The minimum absolute atomic E-state index is 0.0259. The van der Waals surface area contributed by atoms with E-state index in [4.69, 9.17) is 9.47 Å². The third-order valence-electron chi connectivity index (χ3n) is 5.19. The molecule has 0 fully saturated rings. The van der Waals surface area contributed by atoms with E-state index >= 15 is 0 Å². The first kappa shape index (κ1) is 22.1. The summed E-state index contributed by atoms with van der Waals surface area (Å²) in [6.07, 6.45) is 0. The second kappa shape index (κ2) is 9.04. The molecule has 0 radical (unpaired) electrons. The number of carbonyl (C=O) groups is 1. The molecule has 2 aromatic rings. The summed E-state index contributed by atoms with van der Waals surface area (Å²) in [4.78, 5) is 15.6. The second-order valence-corrected chi connectivity index (χ2v) is 9.29. The van der Waals surface area contributed by atoms with Gasteiger partial charge in [0.25, 0.3) is 0 Å². The van der Waals surface area contributed by atoms with Crippen molar-refractivity contribution in [1.29, 1.82) is 0 Å². The van der Waals surface area contributed by atoms with Crippen molar-refractivity contribution in [1.82, 2.24) is 0 Å². The van der Waals surface area contributed by atoms with Gasteiger partial charge in [-0.1, -0.05) is 56.0 Å². The van der Waals surface area contributed by atoms with Gasteiger partial charge < -0.3 is 14.4 Å². The monoisotopic (exact) mass is 405 g/mol. The normalized spacial score (nSPS) is 13.4. The molecule has 0 N–H and O–H groups in total. The second-order valence-electron chi connectivity index (χ2n) is 9.29. The van der Waals surface area contributed by atoms with E-state index in [2.05, 4.69) is 25.7 Å². The van der Waals surface area contributed by atoms with Crippen molar-refractivity contribution in [3.8, 4) is 11.8 Å². The van der Waals surface area contributed by atoms with Gasteiger partial charge in [0.15, 0.2) is 0 Å². The highest BCUT2D eigenvalue weighted by atomic mass is 16.5. The predicted octanol–water partition coefficient (Wildman–Crippen LogP) is 4.65. The summed E-state index contributed by atoms with van der Waals surface area (Å²) in [5, 5.41) is 0. The van der Waals surface area contributed by atoms with E-state index in [1.807, 2.05) is 67.3 Å². The summed E-state index contributed by atoms with van der Waals surface area (Å²) in [6, 6.07) is 15.8. The molecule has 4 heteroatoms. The minimum Gasteiger partial charge on any atom is -0.384 e. The Balaban J connectivity index is 1.86. The van der Waals surface area contributed by atoms with E-state index in [1.54, 1.807) is 7.11 Å². The van der Waals surface area contributed by atoms with Crippen LogP contribution in [0.1, 0.15) is 44.4 Å². The maximum atomic E-state index is 13.7. The maximum absolute atomic E-state index is 13.7. The van der Waals surface area contributed by atoms with E-state index in [0.717, 1.165) is 22.4 Å². The lowest BCUT2D eigenvalue weighted by molar-refractivity contribution is -0.131. The summed E-state index contributed by atoms with van der Waals surface area (Å²) in [6.45, 7) is 10.0. The fraction of sp³-hybridized carbons (Fsp3) is 0.423. The standard InChI is InChI=1S/C26H31NO3/c1-25(2,17-29-5)18-30-19-26(3,4)24(28)27-16-22-12-7-6-10-20(22)14-15-21-11-8-9-13-23(21)27/h6-13H,16-19H2,1-5H3. The van der Waals surface area contributed by atoms with Crippen LogP contribution in [-0.2, 0) is 20.8 Å². The number of anilines is 1. The van der Waals surface area contributed by atoms with Gasteiger partial charge in [0.05, 0.1) is 37.5 Å². The molecule has 3 rings (SSSR count). The van der Waals surface area contributed by atoms with Crippen LogP contribution in [0.15, 0.2) is 48.5 Å². The molecule has 30 heavy (non-hydrogen) atoms. The lowest BCUT2D eigenvalue weighted by atomic mass is 9.90. The highest BCUT2D eigenvalue weighted by Crippen LogP contribution is 2.30. The molecule has 2 aromatic carbocycles. The van der Waals surface area contributed by atoms with Gasteiger partial charge in [-0.25, -0.2) is 0 Å². The van der Waals surface area contributed by atoms with Crippen LogP contribution in [-0.4, -0.2) is 32.8 Å². The predicted molar refractivity (Wildman–Crippen MR) is 120 cm³/mol. The van der Waals surface area contributed by atoms with Gasteiger partial charge in [-0.2, -0.15) is 0 Å². The summed E-state index contributed by atoms with van der Waals surface area (Å²) in [7, 11) is 1.69. The van der Waals surface area contributed by atoms with Crippen molar-refractivity contribution < 1.29 is 14.3 Å². The zero-order valence-corrected chi connectivity index (χ0v) is 18.6. The zero-order valence-electron chi connectivity index (χ0n) is 18.6. The molecular weight excluding hydrogens is 374 g/mol. The zero-order chi connectivity index (χ0) is 21.8. The van der Waals surface area contributed by atoms with Crippen LogP contribution in [0.3, 0.4) is 0 Å². The average molecular weight is 406 g/mol. The Morgan fingerprint density at radius 2 is 1.57 bits per heavy atom. The van der Waals surface area contributed by atoms with Crippen LogP contribution >= 0.6 is 0 Å². The van der Waals surface area contributed by atoms with Crippen molar-refractivity contribution in [2.24, 2.45) is 10.8 Å². The molecule has 0 atom stereocenters. The van der Waals surface area contributed by atoms with Crippen LogP contribution in [0, 0.1) is 22.7 Å². The van der Waals surface area contributed by atoms with Crippen molar-refractivity contribution in [3.63, 3.8) is 0 Å². The number of hydrogen-bond donors (Lipinski definition) is 0. The van der Waals surface area contributed by atoms with Crippen LogP contribution < -0.4 is 4.90 Å². The van der Waals surface area contributed by atoms with Gasteiger partial charge in [-0.05, 0) is 37.6 Å². The first-order valence-electron chi connectivity index (χ1n) is 10.3. The van der Waals surface area contributed by atoms with E-state index < -0.39 is 5.41 Å². The summed E-state index contributed by atoms with van der Waals surface area (Å²) >= 11 is 0. The van der Waals surface area contributed by atoms with E-state index in [9.17, 15) is 4.79 Å². The Kier molecular flexibility index (Phi) is 6.65. The largest absolute Gasteiger partial charge is 0.384 e. The average Bonchev–Trinajstić information content (AvgIpc) is 2.69. The van der Waals surface area contributed by atoms with Gasteiger partial charge in [0, 0.05) is 23.7 Å². The number of ether oxygens (including phenoxy) is 2. The van der Waals surface area contributed by atoms with E-state index in [-0.39, 0.29) is 11.3 Å². The molecule has 1 heterocycles. The van der Waals surface area contributed by atoms with E-state index in [1.165, 1.54) is 0 Å². The molecule has 4 nitrogen and oxygen atoms in total. The summed E-state index contributed by atoms with van der Waals surface area (Å²) in [5.74, 6) is 6.53. The fourth-order valence-corrected chi connectivity index (χ4v) is 3.61. The van der Waals surface area contributed by atoms with Crippen LogP contribution in [0.2, 0.25) is 0 Å². The minimum atomic E-state index is -0.683. The van der Waals surface area contributed by atoms with Gasteiger partial charge in [0.1, 0.15) is 0 Å². The molecule has 0 saturated heterocycles. The van der Waals surface area contributed by atoms with E-state index in [0.29, 0.717) is 26.4 Å². The molecule has 0 aromatic heterocycles. The van der Waals surface area contributed by atoms with Crippen LogP contribution in [0.5, 0.6) is 0 Å². The molecule has 0 spiro atoms. The maximum Gasteiger partial charge on any atom is 0.235 e. The van der Waals surface area contributed by atoms with Crippen molar-refractivity contribution in [3.05, 3.63) is 65.2 Å². The van der Waals surface area contributed by atoms with Crippen molar-refractivity contribution in [2.45, 2.75) is 34.2 Å². The number of rotatable bonds is 7. The van der Waals surface area contributed by atoms with Crippen molar-refractivity contribution in [2.75, 3.05) is 31.8 Å². The quantitative estimate of drug-likeness (QED) is 0.630. The van der Waals surface area contributed by atoms with Gasteiger partial charge >= 0.3 is 0 Å². The van der Waals surface area contributed by atoms with Crippen molar-refractivity contribution >= 4 is 11.6 Å². The summed E-state index contributed by atoms with van der Waals surface area (Å²) in [5.41, 5.74) is 2.93. The number of methoxy groups -OCH3 is 1. The number of nitrogens with zero attached hydrogens (tertiary/aromatic N) is 1. The third-order valence-corrected chi connectivity index (χ3v) is 5.19. The molecule has 0 aliphatic carbocycles. The number of fused-ring (bicyclic) bond motifs is 2. The number of hydrogen-bond acceptors (Lipinski definition) is 3. The Labute approximate surface area is 180 Å². The van der Waals surface area contributed by atoms with Gasteiger partial charge in [-0.15, -0.1) is 0 Å². The topological polar surface area (TPSA) is 38.8 Å². The SMILES string of the molecule is COCC(C)(C)COCC(C)(C)C(=O)N1Cc2ccccc2C#Cc2ccccc21. The summed E-state index contributed by atoms with van der Waals surface area (Å²) < 4.78 is 11.2. The Morgan fingerprint density at radius 3 is 2.30 bits per heavy atom. The third kappa shape index (κ3) is 5.11. The Bertz CT molecular complexity index is 965. The molecule has 0 saturated carbocycles. The number of para-hydroxylation sites is 1.